The van der Waals surface area contributed by atoms with Crippen LogP contribution in [-0.4, -0.2) is 33.0 Å². The van der Waals surface area contributed by atoms with Crippen LogP contribution in [-0.2, 0) is 4.79 Å². The summed E-state index contributed by atoms with van der Waals surface area (Å²) in [7, 11) is 0. The van der Waals surface area contributed by atoms with Gasteiger partial charge in [0.1, 0.15) is 0 Å². The Kier molecular flexibility index (Phi) is 5.20. The van der Waals surface area contributed by atoms with Gasteiger partial charge in [0.15, 0.2) is 0 Å². The van der Waals surface area contributed by atoms with Crippen LogP contribution < -0.4 is 0 Å². The standard InChI is InChI=1S/C30H48O4/c1-18-23-19-8-9-21-26(4)12-11-22(31)25(2,3)20(26)10-13-28(21,6)27(19,5)14-16-30(23,24(32)33)17-15-29(18,7)34/h15,17-23,31,34H,8-14,16H2,1-7H3,(H,32,33)/t18-,19-,20?,21-,22+,23+,26+,27-,28-,29-,30-/m1/s1. The largest absolute Gasteiger partial charge is 0.481 e. The van der Waals surface area contributed by atoms with Crippen LogP contribution >= 0.6 is 0 Å². The number of rotatable bonds is 1. The van der Waals surface area contributed by atoms with E-state index in [0.29, 0.717) is 24.2 Å². The molecule has 4 fully saturated rings. The minimum absolute atomic E-state index is 0.0447. The van der Waals surface area contributed by atoms with Gasteiger partial charge in [-0.05, 0) is 110 Å². The maximum atomic E-state index is 12.8. The fourth-order valence-corrected chi connectivity index (χ4v) is 11.1. The van der Waals surface area contributed by atoms with Gasteiger partial charge in [0.2, 0.25) is 0 Å². The molecule has 11 atom stereocenters. The molecule has 0 radical (unpaired) electrons. The molecule has 5 rings (SSSR count). The first-order chi connectivity index (χ1) is 15.6. The average molecular weight is 473 g/mol. The van der Waals surface area contributed by atoms with E-state index in [1.807, 2.05) is 13.0 Å². The van der Waals surface area contributed by atoms with Crippen molar-refractivity contribution in [2.24, 2.45) is 56.7 Å². The Morgan fingerprint density at radius 2 is 1.50 bits per heavy atom. The summed E-state index contributed by atoms with van der Waals surface area (Å²) in [5.41, 5.74) is -1.45. The monoisotopic (exact) mass is 472 g/mol. The minimum atomic E-state index is -0.965. The van der Waals surface area contributed by atoms with Crippen LogP contribution in [0.2, 0.25) is 0 Å². The maximum Gasteiger partial charge on any atom is 0.313 e. The summed E-state index contributed by atoms with van der Waals surface area (Å²) in [6, 6.07) is 0. The van der Waals surface area contributed by atoms with E-state index in [1.54, 1.807) is 6.08 Å². The molecule has 4 heteroatoms. The Bertz CT molecular complexity index is 905. The molecule has 0 bridgehead atoms. The van der Waals surface area contributed by atoms with Gasteiger partial charge in [-0.15, -0.1) is 0 Å². The van der Waals surface area contributed by atoms with E-state index < -0.39 is 17.0 Å². The molecule has 1 unspecified atom stereocenters. The molecule has 0 aromatic heterocycles. The zero-order valence-electron chi connectivity index (χ0n) is 22.5. The van der Waals surface area contributed by atoms with Crippen molar-refractivity contribution in [3.8, 4) is 0 Å². The van der Waals surface area contributed by atoms with Gasteiger partial charge in [-0.1, -0.05) is 53.7 Å². The molecule has 0 heterocycles. The zero-order valence-corrected chi connectivity index (χ0v) is 22.5. The van der Waals surface area contributed by atoms with E-state index in [-0.39, 0.29) is 39.6 Å². The third-order valence-electron chi connectivity index (χ3n) is 13.6. The fourth-order valence-electron chi connectivity index (χ4n) is 11.1. The molecule has 0 amide bonds. The van der Waals surface area contributed by atoms with Crippen molar-refractivity contribution in [2.45, 2.75) is 112 Å². The third-order valence-corrected chi connectivity index (χ3v) is 13.6. The number of aliphatic hydroxyl groups is 2. The summed E-state index contributed by atoms with van der Waals surface area (Å²) in [5, 5.41) is 32.6. The maximum absolute atomic E-state index is 12.8. The van der Waals surface area contributed by atoms with Crippen LogP contribution in [0.3, 0.4) is 0 Å². The number of hydrogen-bond acceptors (Lipinski definition) is 3. The van der Waals surface area contributed by atoms with Gasteiger partial charge in [-0.25, -0.2) is 0 Å². The number of fused-ring (bicyclic) bond motifs is 7. The van der Waals surface area contributed by atoms with Crippen molar-refractivity contribution in [1.82, 2.24) is 0 Å². The summed E-state index contributed by atoms with van der Waals surface area (Å²) in [6.07, 6.45) is 11.5. The van der Waals surface area contributed by atoms with Gasteiger partial charge in [0.05, 0.1) is 17.1 Å². The van der Waals surface area contributed by atoms with E-state index in [9.17, 15) is 20.1 Å². The van der Waals surface area contributed by atoms with Gasteiger partial charge in [0.25, 0.3) is 0 Å². The Balaban J connectivity index is 1.58. The highest BCUT2D eigenvalue weighted by atomic mass is 16.4. The van der Waals surface area contributed by atoms with Gasteiger partial charge < -0.3 is 15.3 Å². The number of hydrogen-bond donors (Lipinski definition) is 3. The summed E-state index contributed by atoms with van der Waals surface area (Å²) < 4.78 is 0. The van der Waals surface area contributed by atoms with E-state index in [4.69, 9.17) is 0 Å². The predicted octanol–water partition coefficient (Wildman–Crippen LogP) is 6.06. The topological polar surface area (TPSA) is 77.8 Å². The van der Waals surface area contributed by atoms with Crippen LogP contribution in [0.5, 0.6) is 0 Å². The summed E-state index contributed by atoms with van der Waals surface area (Å²) in [4.78, 5) is 12.8. The average Bonchev–Trinajstić information content (AvgIpc) is 2.74. The first-order valence-electron chi connectivity index (χ1n) is 13.9. The molecule has 3 N–H and O–H groups in total. The second kappa shape index (κ2) is 7.12. The van der Waals surface area contributed by atoms with Crippen molar-refractivity contribution in [2.75, 3.05) is 0 Å². The van der Waals surface area contributed by atoms with E-state index >= 15 is 0 Å². The molecule has 5 aliphatic carbocycles. The highest BCUT2D eigenvalue weighted by Crippen LogP contribution is 2.76. The molecule has 5 aliphatic rings. The second-order valence-corrected chi connectivity index (χ2v) is 14.8. The lowest BCUT2D eigenvalue weighted by Gasteiger charge is -2.73. The Hall–Kier alpha value is -0.870. The summed E-state index contributed by atoms with van der Waals surface area (Å²) in [5.74, 6) is 0.585. The predicted molar refractivity (Wildman–Crippen MR) is 134 cm³/mol. The van der Waals surface area contributed by atoms with Gasteiger partial charge in [-0.3, -0.25) is 4.79 Å². The Labute approximate surface area is 206 Å². The molecule has 0 saturated heterocycles. The van der Waals surface area contributed by atoms with Crippen LogP contribution in [0.15, 0.2) is 12.2 Å². The molecule has 192 valence electrons. The molecule has 0 aliphatic heterocycles. The molecule has 0 spiro atoms. The number of carbonyl (C=O) groups is 1. The van der Waals surface area contributed by atoms with Crippen molar-refractivity contribution in [3.05, 3.63) is 12.2 Å². The molecular weight excluding hydrogens is 424 g/mol. The quantitative estimate of drug-likeness (QED) is 0.405. The van der Waals surface area contributed by atoms with Crippen molar-refractivity contribution in [3.63, 3.8) is 0 Å². The number of aliphatic hydroxyl groups excluding tert-OH is 1. The molecule has 0 aromatic rings. The van der Waals surface area contributed by atoms with Crippen molar-refractivity contribution >= 4 is 5.97 Å². The van der Waals surface area contributed by atoms with Crippen molar-refractivity contribution in [1.29, 1.82) is 0 Å². The third kappa shape index (κ3) is 2.76. The lowest BCUT2D eigenvalue weighted by molar-refractivity contribution is -0.254. The van der Waals surface area contributed by atoms with Gasteiger partial charge in [0, 0.05) is 0 Å². The lowest BCUT2D eigenvalue weighted by atomic mass is 9.31. The Morgan fingerprint density at radius 1 is 0.824 bits per heavy atom. The highest BCUT2D eigenvalue weighted by Gasteiger charge is 2.71. The first kappa shape index (κ1) is 24.8. The number of carboxylic acids is 1. The molecule has 34 heavy (non-hydrogen) atoms. The highest BCUT2D eigenvalue weighted by molar-refractivity contribution is 5.78. The van der Waals surface area contributed by atoms with Crippen LogP contribution in [0, 0.1) is 56.7 Å². The normalized spacial score (nSPS) is 58.1. The van der Waals surface area contributed by atoms with E-state index in [1.165, 1.54) is 0 Å². The van der Waals surface area contributed by atoms with E-state index in [2.05, 4.69) is 41.5 Å². The number of aliphatic carboxylic acids is 1. The molecule has 0 aromatic carbocycles. The van der Waals surface area contributed by atoms with Crippen LogP contribution in [0.1, 0.15) is 99.8 Å². The SMILES string of the molecule is C[C@@H]1[C@H]2[C@H]3CC[C@@H]4[C@@]5(C)CC[C@H](O)C(C)(C)C5CC[C@@]4(C)[C@]3(C)CC[C@@]2(C(=O)O)C=C[C@@]1(C)O. The fraction of sp³-hybridized carbons (Fsp3) is 0.900. The second-order valence-electron chi connectivity index (χ2n) is 14.8. The molecule has 4 saturated carbocycles. The van der Waals surface area contributed by atoms with E-state index in [0.717, 1.165) is 44.9 Å². The summed E-state index contributed by atoms with van der Waals surface area (Å²) >= 11 is 0. The minimum Gasteiger partial charge on any atom is -0.481 e. The van der Waals surface area contributed by atoms with Gasteiger partial charge in [-0.2, -0.15) is 0 Å². The van der Waals surface area contributed by atoms with Crippen LogP contribution in [0.25, 0.3) is 0 Å². The molecule has 4 nitrogen and oxygen atoms in total. The first-order valence-corrected chi connectivity index (χ1v) is 13.9. The number of carboxylic acid groups (broad SMARTS) is 1. The summed E-state index contributed by atoms with van der Waals surface area (Å²) in [6.45, 7) is 16.1. The van der Waals surface area contributed by atoms with Crippen LogP contribution in [0.4, 0.5) is 0 Å². The Morgan fingerprint density at radius 3 is 2.15 bits per heavy atom. The van der Waals surface area contributed by atoms with Crippen molar-refractivity contribution < 1.29 is 20.1 Å². The zero-order chi connectivity index (χ0) is 25.1. The van der Waals surface area contributed by atoms with Gasteiger partial charge >= 0.3 is 5.97 Å². The smallest absolute Gasteiger partial charge is 0.313 e. The lowest BCUT2D eigenvalue weighted by Crippen LogP contribution is -2.68. The molecular formula is C30H48O4.